The third kappa shape index (κ3) is 3.41. The lowest BCUT2D eigenvalue weighted by molar-refractivity contribution is -0.384. The fourth-order valence-electron chi connectivity index (χ4n) is 3.41. The monoisotopic (exact) mass is 366 g/mol. The lowest BCUT2D eigenvalue weighted by atomic mass is 9.95. The zero-order valence-electron chi connectivity index (χ0n) is 15.6. The summed E-state index contributed by atoms with van der Waals surface area (Å²) in [4.78, 5) is 17.5. The van der Waals surface area contributed by atoms with E-state index in [0.717, 1.165) is 18.8 Å². The number of nitro groups is 1. The highest BCUT2D eigenvalue weighted by Gasteiger charge is 2.31. The number of fused-ring (bicyclic) bond motifs is 1. The molecule has 1 aliphatic rings. The van der Waals surface area contributed by atoms with Gasteiger partial charge in [-0.1, -0.05) is 26.0 Å². The molecule has 1 aliphatic heterocycles. The third-order valence-corrected chi connectivity index (χ3v) is 4.91. The Bertz CT molecular complexity index is 936. The molecule has 1 aromatic heterocycles. The fraction of sp³-hybridized carbons (Fsp3) is 0.368. The topological polar surface area (TPSA) is 100 Å². The van der Waals surface area contributed by atoms with E-state index in [1.807, 2.05) is 17.6 Å². The highest BCUT2D eigenvalue weighted by molar-refractivity contribution is 5.54. The standard InChI is InChI=1S/C19H22N6O2/c1-4-23(5-2)12-16-11-21-19-22-13(3)17(10-20)18(24(16)19)14-7-6-8-15(9-14)25(26)27/h6-9,11,18H,4-5,12H2,1-3H3,(H,21,22). The Hall–Kier alpha value is -3.18. The summed E-state index contributed by atoms with van der Waals surface area (Å²) < 4.78 is 1.98. The predicted molar refractivity (Wildman–Crippen MR) is 102 cm³/mol. The van der Waals surface area contributed by atoms with Crippen LogP contribution in [0.1, 0.15) is 38.1 Å². The SMILES string of the molecule is CCN(CC)Cc1cnc2n1C(c1cccc([N+](=O)[O-])c1)C(C#N)=C(C)N2. The van der Waals surface area contributed by atoms with Crippen molar-refractivity contribution < 1.29 is 4.92 Å². The molecule has 2 aromatic rings. The normalized spacial score (nSPS) is 16.0. The van der Waals surface area contributed by atoms with Gasteiger partial charge >= 0.3 is 0 Å². The number of hydrogen-bond acceptors (Lipinski definition) is 6. The summed E-state index contributed by atoms with van der Waals surface area (Å²) in [6, 6.07) is 8.29. The Kier molecular flexibility index (Phi) is 5.23. The predicted octanol–water partition coefficient (Wildman–Crippen LogP) is 3.45. The van der Waals surface area contributed by atoms with Crippen molar-refractivity contribution in [3.63, 3.8) is 0 Å². The largest absolute Gasteiger partial charge is 0.328 e. The third-order valence-electron chi connectivity index (χ3n) is 4.91. The highest BCUT2D eigenvalue weighted by Crippen LogP contribution is 2.37. The molecule has 0 amide bonds. The first-order valence-corrected chi connectivity index (χ1v) is 8.90. The molecule has 8 heteroatoms. The van der Waals surface area contributed by atoms with Gasteiger partial charge in [0.2, 0.25) is 5.95 Å². The number of anilines is 1. The van der Waals surface area contributed by atoms with Gasteiger partial charge in [-0.25, -0.2) is 4.98 Å². The number of aromatic nitrogens is 2. The number of rotatable bonds is 6. The van der Waals surface area contributed by atoms with Crippen LogP contribution in [0.3, 0.4) is 0 Å². The smallest absolute Gasteiger partial charge is 0.269 e. The van der Waals surface area contributed by atoms with Gasteiger partial charge in [-0.15, -0.1) is 0 Å². The molecule has 2 heterocycles. The summed E-state index contributed by atoms with van der Waals surface area (Å²) in [7, 11) is 0. The molecular weight excluding hydrogens is 344 g/mol. The van der Waals surface area contributed by atoms with E-state index in [1.165, 1.54) is 12.1 Å². The van der Waals surface area contributed by atoms with E-state index in [4.69, 9.17) is 0 Å². The Morgan fingerprint density at radius 3 is 2.78 bits per heavy atom. The van der Waals surface area contributed by atoms with Crippen LogP contribution in [0.25, 0.3) is 0 Å². The number of nitriles is 1. The first-order chi connectivity index (χ1) is 13.0. The van der Waals surface area contributed by atoms with Crippen LogP contribution < -0.4 is 5.32 Å². The van der Waals surface area contributed by atoms with Gasteiger partial charge in [-0.2, -0.15) is 5.26 Å². The molecule has 1 atom stereocenters. The number of allylic oxidation sites excluding steroid dienone is 2. The van der Waals surface area contributed by atoms with Crippen molar-refractivity contribution in [2.75, 3.05) is 18.4 Å². The molecule has 3 rings (SSSR count). The molecule has 8 nitrogen and oxygen atoms in total. The molecule has 0 saturated heterocycles. The number of nitro benzene ring substituents is 1. The van der Waals surface area contributed by atoms with Crippen molar-refractivity contribution in [3.05, 3.63) is 63.1 Å². The van der Waals surface area contributed by atoms with Crippen LogP contribution in [-0.2, 0) is 6.54 Å². The van der Waals surface area contributed by atoms with Crippen LogP contribution in [0.15, 0.2) is 41.7 Å². The molecule has 1 aromatic carbocycles. The molecule has 0 spiro atoms. The van der Waals surface area contributed by atoms with Crippen molar-refractivity contribution in [1.82, 2.24) is 14.5 Å². The van der Waals surface area contributed by atoms with E-state index in [0.29, 0.717) is 29.3 Å². The Morgan fingerprint density at radius 2 is 2.15 bits per heavy atom. The van der Waals surface area contributed by atoms with Gasteiger partial charge in [0.05, 0.1) is 34.5 Å². The van der Waals surface area contributed by atoms with Gasteiger partial charge in [-0.05, 0) is 25.6 Å². The maximum atomic E-state index is 11.2. The number of imidazole rings is 1. The number of hydrogen-bond donors (Lipinski definition) is 1. The minimum Gasteiger partial charge on any atom is -0.328 e. The lowest BCUT2D eigenvalue weighted by Crippen LogP contribution is -2.28. The molecule has 0 radical (unpaired) electrons. The van der Waals surface area contributed by atoms with Crippen molar-refractivity contribution in [2.45, 2.75) is 33.4 Å². The summed E-state index contributed by atoms with van der Waals surface area (Å²) >= 11 is 0. The van der Waals surface area contributed by atoms with Gasteiger partial charge in [0.15, 0.2) is 0 Å². The van der Waals surface area contributed by atoms with E-state index in [9.17, 15) is 15.4 Å². The minimum absolute atomic E-state index is 0.00735. The van der Waals surface area contributed by atoms with Gasteiger partial charge in [0, 0.05) is 24.4 Å². The molecule has 0 bridgehead atoms. The maximum Gasteiger partial charge on any atom is 0.269 e. The highest BCUT2D eigenvalue weighted by atomic mass is 16.6. The molecule has 140 valence electrons. The summed E-state index contributed by atoms with van der Waals surface area (Å²) in [5.74, 6) is 0.644. The second-order valence-corrected chi connectivity index (χ2v) is 6.43. The molecule has 1 N–H and O–H groups in total. The Labute approximate surface area is 157 Å². The van der Waals surface area contributed by atoms with E-state index >= 15 is 0 Å². The van der Waals surface area contributed by atoms with Crippen molar-refractivity contribution in [1.29, 1.82) is 5.26 Å². The minimum atomic E-state index is -0.445. The molecule has 0 aliphatic carbocycles. The summed E-state index contributed by atoms with van der Waals surface area (Å²) in [5, 5.41) is 24.2. The van der Waals surface area contributed by atoms with Crippen LogP contribution in [-0.4, -0.2) is 32.5 Å². The molecular formula is C19H22N6O2. The zero-order valence-corrected chi connectivity index (χ0v) is 15.6. The van der Waals surface area contributed by atoms with E-state index < -0.39 is 11.0 Å². The Balaban J connectivity index is 2.15. The molecule has 0 saturated carbocycles. The van der Waals surface area contributed by atoms with E-state index in [1.54, 1.807) is 12.3 Å². The van der Waals surface area contributed by atoms with Crippen LogP contribution in [0, 0.1) is 21.4 Å². The fourth-order valence-corrected chi connectivity index (χ4v) is 3.41. The quantitative estimate of drug-likeness (QED) is 0.621. The van der Waals surface area contributed by atoms with Gasteiger partial charge < -0.3 is 9.88 Å². The van der Waals surface area contributed by atoms with Crippen LogP contribution in [0.2, 0.25) is 0 Å². The summed E-state index contributed by atoms with van der Waals surface area (Å²) in [6.07, 6.45) is 1.80. The second-order valence-electron chi connectivity index (χ2n) is 6.43. The van der Waals surface area contributed by atoms with E-state index in [2.05, 4.69) is 35.1 Å². The van der Waals surface area contributed by atoms with Crippen LogP contribution in [0.4, 0.5) is 11.6 Å². The number of non-ortho nitro benzene ring substituents is 1. The van der Waals surface area contributed by atoms with Gasteiger partial charge in [0.25, 0.3) is 5.69 Å². The van der Waals surface area contributed by atoms with E-state index in [-0.39, 0.29) is 5.69 Å². The first kappa shape index (κ1) is 18.6. The number of nitrogens with zero attached hydrogens (tertiary/aromatic N) is 5. The maximum absolute atomic E-state index is 11.2. The molecule has 1 unspecified atom stereocenters. The average Bonchev–Trinajstić information content (AvgIpc) is 3.06. The van der Waals surface area contributed by atoms with Crippen molar-refractivity contribution in [2.24, 2.45) is 0 Å². The van der Waals surface area contributed by atoms with Crippen LogP contribution in [0.5, 0.6) is 0 Å². The number of nitrogens with one attached hydrogen (secondary N) is 1. The summed E-state index contributed by atoms with van der Waals surface area (Å²) in [5.41, 5.74) is 2.90. The molecule has 27 heavy (non-hydrogen) atoms. The van der Waals surface area contributed by atoms with Gasteiger partial charge in [-0.3, -0.25) is 15.0 Å². The molecule has 0 fully saturated rings. The number of benzene rings is 1. The van der Waals surface area contributed by atoms with Gasteiger partial charge in [0.1, 0.15) is 0 Å². The Morgan fingerprint density at radius 1 is 1.41 bits per heavy atom. The zero-order chi connectivity index (χ0) is 19.6. The first-order valence-electron chi connectivity index (χ1n) is 8.90. The lowest BCUT2D eigenvalue weighted by Gasteiger charge is -2.30. The second kappa shape index (κ2) is 7.60. The van der Waals surface area contributed by atoms with Crippen molar-refractivity contribution >= 4 is 11.6 Å². The average molecular weight is 366 g/mol. The summed E-state index contributed by atoms with van der Waals surface area (Å²) in [6.45, 7) is 8.49. The van der Waals surface area contributed by atoms with Crippen LogP contribution >= 0.6 is 0 Å². The van der Waals surface area contributed by atoms with Crippen molar-refractivity contribution in [3.8, 4) is 6.07 Å².